The van der Waals surface area contributed by atoms with Gasteiger partial charge in [-0.3, -0.25) is 0 Å². The lowest BCUT2D eigenvalue weighted by Gasteiger charge is -2.26. The van der Waals surface area contributed by atoms with Gasteiger partial charge < -0.3 is 14.2 Å². The first-order chi connectivity index (χ1) is 7.15. The fourth-order valence-electron chi connectivity index (χ4n) is 2.23. The molecule has 0 N–H and O–H groups in total. The van der Waals surface area contributed by atoms with Gasteiger partial charge in [0.15, 0.2) is 6.29 Å². The van der Waals surface area contributed by atoms with Crippen molar-refractivity contribution in [3.05, 3.63) is 0 Å². The molecule has 0 aromatic heterocycles. The first-order valence-corrected chi connectivity index (χ1v) is 5.32. The molecule has 1 aliphatic heterocycles. The van der Waals surface area contributed by atoms with Gasteiger partial charge in [0.25, 0.3) is 0 Å². The van der Waals surface area contributed by atoms with E-state index >= 15 is 0 Å². The zero-order valence-corrected chi connectivity index (χ0v) is 10.2. The van der Waals surface area contributed by atoms with Crippen molar-refractivity contribution in [2.75, 3.05) is 14.2 Å². The Morgan fingerprint density at radius 2 is 2.00 bits per heavy atom. The van der Waals surface area contributed by atoms with Crippen molar-refractivity contribution in [1.82, 2.24) is 0 Å². The van der Waals surface area contributed by atoms with E-state index in [1.54, 1.807) is 14.2 Å². The van der Waals surface area contributed by atoms with E-state index in [2.05, 4.69) is 25.7 Å². The second-order valence-corrected chi connectivity index (χ2v) is 3.83. The smallest absolute Gasteiger partial charge is 0.185 e. The first kappa shape index (κ1) is 12.5. The van der Waals surface area contributed by atoms with Gasteiger partial charge in [-0.25, -0.2) is 0 Å². The third kappa shape index (κ3) is 2.03. The van der Waals surface area contributed by atoms with E-state index < -0.39 is 5.60 Å². The Morgan fingerprint density at radius 1 is 1.33 bits per heavy atom. The van der Waals surface area contributed by atoms with Gasteiger partial charge in [-0.15, -0.1) is 5.92 Å². The van der Waals surface area contributed by atoms with Crippen molar-refractivity contribution in [3.63, 3.8) is 0 Å². The molecule has 0 aliphatic carbocycles. The summed E-state index contributed by atoms with van der Waals surface area (Å²) in [7, 11) is 3.32. The van der Waals surface area contributed by atoms with Gasteiger partial charge in [0.2, 0.25) is 0 Å². The predicted molar refractivity (Wildman–Crippen MR) is 58.3 cm³/mol. The Kier molecular flexibility index (Phi) is 4.15. The van der Waals surface area contributed by atoms with Gasteiger partial charge in [-0.1, -0.05) is 19.8 Å². The van der Waals surface area contributed by atoms with Gasteiger partial charge >= 0.3 is 0 Å². The summed E-state index contributed by atoms with van der Waals surface area (Å²) < 4.78 is 16.6. The highest BCUT2D eigenvalue weighted by Crippen LogP contribution is 2.39. The fraction of sp³-hybridized carbons (Fsp3) is 0.833. The van der Waals surface area contributed by atoms with Crippen LogP contribution >= 0.6 is 0 Å². The van der Waals surface area contributed by atoms with Crippen LogP contribution in [0.25, 0.3) is 0 Å². The van der Waals surface area contributed by atoms with Crippen molar-refractivity contribution in [2.45, 2.75) is 45.2 Å². The van der Waals surface area contributed by atoms with Crippen molar-refractivity contribution >= 4 is 0 Å². The summed E-state index contributed by atoms with van der Waals surface area (Å²) in [5.41, 5.74) is -0.421. The molecule has 0 saturated carbocycles. The number of hydrogen-bond donors (Lipinski definition) is 0. The molecule has 1 heterocycles. The van der Waals surface area contributed by atoms with E-state index in [1.165, 1.54) is 0 Å². The summed E-state index contributed by atoms with van der Waals surface area (Å²) in [5, 5.41) is 0. The predicted octanol–water partition coefficient (Wildman–Crippen LogP) is 1.81. The van der Waals surface area contributed by atoms with Crippen molar-refractivity contribution < 1.29 is 14.2 Å². The molecule has 0 aromatic carbocycles. The third-order valence-corrected chi connectivity index (χ3v) is 3.19. The second kappa shape index (κ2) is 4.98. The second-order valence-electron chi connectivity index (χ2n) is 3.83. The SMILES string of the molecule is CC#CC1(CC)OC(OC)C(OC)C1C. The highest BCUT2D eigenvalue weighted by Gasteiger charge is 2.51. The van der Waals surface area contributed by atoms with E-state index in [4.69, 9.17) is 14.2 Å². The lowest BCUT2D eigenvalue weighted by molar-refractivity contribution is -0.168. The van der Waals surface area contributed by atoms with Crippen molar-refractivity contribution in [1.29, 1.82) is 0 Å². The average molecular weight is 212 g/mol. The molecule has 1 fully saturated rings. The molecule has 0 spiro atoms. The maximum Gasteiger partial charge on any atom is 0.185 e. The minimum absolute atomic E-state index is 0.0456. The number of methoxy groups -OCH3 is 2. The van der Waals surface area contributed by atoms with E-state index in [0.717, 1.165) is 6.42 Å². The molecule has 3 nitrogen and oxygen atoms in total. The first-order valence-electron chi connectivity index (χ1n) is 5.32. The van der Waals surface area contributed by atoms with Gasteiger partial charge in [0.05, 0.1) is 0 Å². The summed E-state index contributed by atoms with van der Waals surface area (Å²) >= 11 is 0. The molecule has 15 heavy (non-hydrogen) atoms. The highest BCUT2D eigenvalue weighted by molar-refractivity contribution is 5.19. The summed E-state index contributed by atoms with van der Waals surface area (Å²) in [6.45, 7) is 6.00. The molecule has 86 valence electrons. The third-order valence-electron chi connectivity index (χ3n) is 3.19. The summed E-state index contributed by atoms with van der Waals surface area (Å²) in [4.78, 5) is 0. The van der Waals surface area contributed by atoms with Crippen molar-refractivity contribution in [3.8, 4) is 11.8 Å². The minimum Gasteiger partial charge on any atom is -0.376 e. The molecule has 0 bridgehead atoms. The number of rotatable bonds is 3. The summed E-state index contributed by atoms with van der Waals surface area (Å²) in [6.07, 6.45) is 0.482. The van der Waals surface area contributed by atoms with Crippen LogP contribution in [0.3, 0.4) is 0 Å². The monoisotopic (exact) mass is 212 g/mol. The Morgan fingerprint density at radius 3 is 2.33 bits per heavy atom. The molecular weight excluding hydrogens is 192 g/mol. The quantitative estimate of drug-likeness (QED) is 0.668. The van der Waals surface area contributed by atoms with E-state index in [1.807, 2.05) is 6.92 Å². The normalized spacial score (nSPS) is 39.9. The molecule has 4 unspecified atom stereocenters. The van der Waals surface area contributed by atoms with Crippen LogP contribution in [0.1, 0.15) is 27.2 Å². The summed E-state index contributed by atoms with van der Waals surface area (Å²) in [6, 6.07) is 0. The van der Waals surface area contributed by atoms with Crippen LogP contribution in [-0.4, -0.2) is 32.2 Å². The Balaban J connectivity index is 2.96. The van der Waals surface area contributed by atoms with Gasteiger partial charge in [0, 0.05) is 20.1 Å². The zero-order chi connectivity index (χ0) is 11.5. The lowest BCUT2D eigenvalue weighted by atomic mass is 9.85. The minimum atomic E-state index is -0.421. The van der Waals surface area contributed by atoms with E-state index in [9.17, 15) is 0 Å². The highest BCUT2D eigenvalue weighted by atomic mass is 16.7. The maximum atomic E-state index is 5.88. The number of hydrogen-bond acceptors (Lipinski definition) is 3. The Labute approximate surface area is 92.1 Å². The topological polar surface area (TPSA) is 27.7 Å². The Bertz CT molecular complexity index is 266. The molecular formula is C12H20O3. The molecule has 1 saturated heterocycles. The zero-order valence-electron chi connectivity index (χ0n) is 10.2. The van der Waals surface area contributed by atoms with E-state index in [-0.39, 0.29) is 18.3 Å². The van der Waals surface area contributed by atoms with Gasteiger partial charge in [-0.2, -0.15) is 0 Å². The van der Waals surface area contributed by atoms with Crippen molar-refractivity contribution in [2.24, 2.45) is 5.92 Å². The standard InChI is InChI=1S/C12H20O3/c1-6-8-12(7-2)9(3)10(13-4)11(14-5)15-12/h9-11H,7H2,1-5H3. The average Bonchev–Trinajstić information content (AvgIpc) is 2.53. The Hall–Kier alpha value is -0.560. The molecule has 0 radical (unpaired) electrons. The molecule has 1 aliphatic rings. The van der Waals surface area contributed by atoms with Gasteiger partial charge in [0.1, 0.15) is 11.7 Å². The van der Waals surface area contributed by atoms with E-state index in [0.29, 0.717) is 0 Å². The molecule has 0 amide bonds. The van der Waals surface area contributed by atoms with Crippen LogP contribution < -0.4 is 0 Å². The molecule has 0 aromatic rings. The lowest BCUT2D eigenvalue weighted by Crippen LogP contribution is -2.35. The fourth-order valence-corrected chi connectivity index (χ4v) is 2.23. The van der Waals surface area contributed by atoms with Gasteiger partial charge in [-0.05, 0) is 13.3 Å². The number of ether oxygens (including phenoxy) is 3. The van der Waals surface area contributed by atoms with Crippen LogP contribution in [-0.2, 0) is 14.2 Å². The van der Waals surface area contributed by atoms with Crippen LogP contribution in [0, 0.1) is 17.8 Å². The molecule has 3 heteroatoms. The van der Waals surface area contributed by atoms with Crippen LogP contribution in [0.4, 0.5) is 0 Å². The van der Waals surface area contributed by atoms with Crippen LogP contribution in [0.2, 0.25) is 0 Å². The largest absolute Gasteiger partial charge is 0.376 e. The molecule has 1 rings (SSSR count). The molecule has 4 atom stereocenters. The van der Waals surface area contributed by atoms with Crippen LogP contribution in [0.5, 0.6) is 0 Å². The summed E-state index contributed by atoms with van der Waals surface area (Å²) in [5.74, 6) is 6.30. The maximum absolute atomic E-state index is 5.88. The van der Waals surface area contributed by atoms with Crippen LogP contribution in [0.15, 0.2) is 0 Å².